The van der Waals surface area contributed by atoms with Crippen molar-refractivity contribution >= 4 is 17.1 Å². The molecule has 1 unspecified atom stereocenters. The highest BCUT2D eigenvalue weighted by Gasteiger charge is 2.20. The first kappa shape index (κ1) is 15.9. The van der Waals surface area contributed by atoms with Crippen LogP contribution in [0.3, 0.4) is 0 Å². The van der Waals surface area contributed by atoms with E-state index in [9.17, 15) is 0 Å². The third-order valence-electron chi connectivity index (χ3n) is 4.17. The number of fused-ring (bicyclic) bond motifs is 1. The molecule has 0 fully saturated rings. The smallest absolute Gasteiger partial charge is 0.202 e. The Morgan fingerprint density at radius 1 is 1.14 bits per heavy atom. The summed E-state index contributed by atoms with van der Waals surface area (Å²) in [4.78, 5) is 4.58. The Morgan fingerprint density at radius 3 is 2.57 bits per heavy atom. The Bertz CT molecular complexity index is 581. The van der Waals surface area contributed by atoms with Gasteiger partial charge in [0, 0.05) is 13.1 Å². The van der Waals surface area contributed by atoms with Crippen LogP contribution < -0.4 is 5.73 Å². The normalized spacial score (nSPS) is 13.1. The van der Waals surface area contributed by atoms with Crippen LogP contribution in [0, 0.1) is 0 Å². The van der Waals surface area contributed by atoms with Gasteiger partial charge in [0.15, 0.2) is 5.65 Å². The molecule has 0 saturated carbocycles. The number of imidazole rings is 1. The van der Waals surface area contributed by atoms with E-state index in [4.69, 9.17) is 5.73 Å². The second-order valence-electron chi connectivity index (χ2n) is 6.03. The molecule has 118 valence electrons. The van der Waals surface area contributed by atoms with E-state index in [2.05, 4.69) is 35.4 Å². The van der Waals surface area contributed by atoms with Gasteiger partial charge >= 0.3 is 0 Å². The molecule has 0 bridgehead atoms. The quantitative estimate of drug-likeness (QED) is 0.752. The molecule has 2 aromatic rings. The van der Waals surface area contributed by atoms with Crippen molar-refractivity contribution in [1.29, 1.82) is 0 Å². The van der Waals surface area contributed by atoms with Crippen LogP contribution in [0.5, 0.6) is 0 Å². The van der Waals surface area contributed by atoms with Crippen molar-refractivity contribution in [3.63, 3.8) is 0 Å². The van der Waals surface area contributed by atoms with Crippen LogP contribution in [0.1, 0.15) is 71.0 Å². The van der Waals surface area contributed by atoms with E-state index in [0.717, 1.165) is 36.1 Å². The minimum Gasteiger partial charge on any atom is -0.369 e. The summed E-state index contributed by atoms with van der Waals surface area (Å²) in [6.07, 6.45) is 8.30. The van der Waals surface area contributed by atoms with Gasteiger partial charge < -0.3 is 5.73 Å². The lowest BCUT2D eigenvalue weighted by molar-refractivity contribution is 0.479. The van der Waals surface area contributed by atoms with Crippen LogP contribution in [0.2, 0.25) is 0 Å². The lowest BCUT2D eigenvalue weighted by Gasteiger charge is -2.15. The SMILES string of the molecule is CCCCCCC(C)n1c(N)nc2c(CCC)nn(C)c21. The summed E-state index contributed by atoms with van der Waals surface area (Å²) in [5.74, 6) is 0.623. The Morgan fingerprint density at radius 2 is 1.90 bits per heavy atom. The van der Waals surface area contributed by atoms with Gasteiger partial charge in [0.2, 0.25) is 5.95 Å². The van der Waals surface area contributed by atoms with Crippen molar-refractivity contribution in [3.05, 3.63) is 5.69 Å². The molecule has 2 heterocycles. The molecule has 0 amide bonds. The first-order valence-electron chi connectivity index (χ1n) is 8.29. The monoisotopic (exact) mass is 291 g/mol. The van der Waals surface area contributed by atoms with Gasteiger partial charge in [-0.1, -0.05) is 46.0 Å². The average Bonchev–Trinajstić information content (AvgIpc) is 2.93. The van der Waals surface area contributed by atoms with Crippen LogP contribution in [-0.4, -0.2) is 19.3 Å². The highest BCUT2D eigenvalue weighted by Crippen LogP contribution is 2.28. The van der Waals surface area contributed by atoms with Crippen molar-refractivity contribution in [3.8, 4) is 0 Å². The molecule has 21 heavy (non-hydrogen) atoms. The molecule has 0 aliphatic carbocycles. The molecule has 5 nitrogen and oxygen atoms in total. The lowest BCUT2D eigenvalue weighted by atomic mass is 10.1. The van der Waals surface area contributed by atoms with Crippen LogP contribution in [-0.2, 0) is 13.5 Å². The number of hydrogen-bond donors (Lipinski definition) is 1. The van der Waals surface area contributed by atoms with Crippen molar-refractivity contribution in [2.75, 3.05) is 5.73 Å². The number of unbranched alkanes of at least 4 members (excludes halogenated alkanes) is 3. The number of aryl methyl sites for hydroxylation is 2. The second kappa shape index (κ2) is 6.96. The van der Waals surface area contributed by atoms with E-state index in [-0.39, 0.29) is 0 Å². The fraction of sp³-hybridized carbons (Fsp3) is 0.750. The molecule has 0 aliphatic heterocycles. The fourth-order valence-corrected chi connectivity index (χ4v) is 3.05. The summed E-state index contributed by atoms with van der Waals surface area (Å²) in [6.45, 7) is 6.64. The van der Waals surface area contributed by atoms with Crippen molar-refractivity contribution in [1.82, 2.24) is 19.3 Å². The maximum Gasteiger partial charge on any atom is 0.202 e. The molecule has 1 atom stereocenters. The Labute approximate surface area is 127 Å². The van der Waals surface area contributed by atoms with Crippen LogP contribution >= 0.6 is 0 Å². The minimum atomic E-state index is 0.372. The Kier molecular flexibility index (Phi) is 5.26. The van der Waals surface area contributed by atoms with E-state index in [1.54, 1.807) is 0 Å². The topological polar surface area (TPSA) is 61.7 Å². The maximum atomic E-state index is 6.17. The van der Waals surface area contributed by atoms with Gasteiger partial charge in [-0.15, -0.1) is 0 Å². The van der Waals surface area contributed by atoms with E-state index in [0.29, 0.717) is 12.0 Å². The van der Waals surface area contributed by atoms with Crippen LogP contribution in [0.25, 0.3) is 11.2 Å². The number of anilines is 1. The zero-order valence-corrected chi connectivity index (χ0v) is 13.9. The molecular weight excluding hydrogens is 262 g/mol. The van der Waals surface area contributed by atoms with Gasteiger partial charge in [0.25, 0.3) is 0 Å². The number of nitrogens with zero attached hydrogens (tertiary/aromatic N) is 4. The van der Waals surface area contributed by atoms with Gasteiger partial charge in [0.1, 0.15) is 5.52 Å². The van der Waals surface area contributed by atoms with Crippen LogP contribution in [0.15, 0.2) is 0 Å². The van der Waals surface area contributed by atoms with E-state index in [1.165, 1.54) is 25.7 Å². The van der Waals surface area contributed by atoms with Gasteiger partial charge in [-0.25, -0.2) is 4.98 Å². The zero-order chi connectivity index (χ0) is 15.4. The lowest BCUT2D eigenvalue weighted by Crippen LogP contribution is -2.11. The minimum absolute atomic E-state index is 0.372. The molecule has 2 N–H and O–H groups in total. The van der Waals surface area contributed by atoms with Crippen molar-refractivity contribution in [2.45, 2.75) is 71.8 Å². The van der Waals surface area contributed by atoms with Gasteiger partial charge in [-0.05, 0) is 19.8 Å². The Hall–Kier alpha value is -1.52. The number of nitrogen functional groups attached to an aromatic ring is 1. The third-order valence-corrected chi connectivity index (χ3v) is 4.17. The predicted molar refractivity (Wildman–Crippen MR) is 88.4 cm³/mol. The summed E-state index contributed by atoms with van der Waals surface area (Å²) in [5.41, 5.74) is 9.29. The highest BCUT2D eigenvalue weighted by molar-refractivity contribution is 5.78. The highest BCUT2D eigenvalue weighted by atomic mass is 15.4. The number of aromatic nitrogens is 4. The van der Waals surface area contributed by atoms with Gasteiger partial charge in [-0.3, -0.25) is 9.25 Å². The standard InChI is InChI=1S/C16H29N5/c1-5-7-8-9-11-12(3)21-15-14(18-16(21)17)13(10-6-2)19-20(15)4/h12H,5-11H2,1-4H3,(H2,17,18). The molecule has 2 aromatic heterocycles. The molecule has 0 aliphatic rings. The number of hydrogen-bond acceptors (Lipinski definition) is 3. The largest absolute Gasteiger partial charge is 0.369 e. The second-order valence-corrected chi connectivity index (χ2v) is 6.03. The van der Waals surface area contributed by atoms with Crippen molar-refractivity contribution < 1.29 is 0 Å². The first-order chi connectivity index (χ1) is 10.1. The summed E-state index contributed by atoms with van der Waals surface area (Å²) in [5, 5.41) is 4.61. The maximum absolute atomic E-state index is 6.17. The summed E-state index contributed by atoms with van der Waals surface area (Å²) >= 11 is 0. The Balaban J connectivity index is 2.24. The average molecular weight is 291 g/mol. The molecule has 5 heteroatoms. The van der Waals surface area contributed by atoms with E-state index >= 15 is 0 Å². The van der Waals surface area contributed by atoms with Gasteiger partial charge in [-0.2, -0.15) is 5.10 Å². The molecule has 0 spiro atoms. The molecule has 0 aromatic carbocycles. The van der Waals surface area contributed by atoms with Crippen molar-refractivity contribution in [2.24, 2.45) is 7.05 Å². The van der Waals surface area contributed by atoms with E-state index < -0.39 is 0 Å². The molecule has 0 saturated heterocycles. The molecule has 0 radical (unpaired) electrons. The van der Waals surface area contributed by atoms with Crippen LogP contribution in [0.4, 0.5) is 5.95 Å². The predicted octanol–water partition coefficient (Wildman–Crippen LogP) is 3.84. The van der Waals surface area contributed by atoms with Gasteiger partial charge in [0.05, 0.1) is 5.69 Å². The fourth-order valence-electron chi connectivity index (χ4n) is 3.05. The zero-order valence-electron chi connectivity index (χ0n) is 13.9. The summed E-state index contributed by atoms with van der Waals surface area (Å²) in [6, 6.07) is 0.372. The molecule has 2 rings (SSSR count). The summed E-state index contributed by atoms with van der Waals surface area (Å²) < 4.78 is 4.10. The first-order valence-corrected chi connectivity index (χ1v) is 8.29. The van der Waals surface area contributed by atoms with E-state index in [1.807, 2.05) is 11.7 Å². The summed E-state index contributed by atoms with van der Waals surface area (Å²) in [7, 11) is 1.99. The molecular formula is C16H29N5. The number of rotatable bonds is 8. The number of nitrogens with two attached hydrogens (primary N) is 1. The third kappa shape index (κ3) is 3.22.